The predicted octanol–water partition coefficient (Wildman–Crippen LogP) is 3.66. The van der Waals surface area contributed by atoms with Crippen molar-refractivity contribution in [1.29, 1.82) is 0 Å². The number of hydrogen-bond donors (Lipinski definition) is 2. The molecule has 7 heteroatoms. The van der Waals surface area contributed by atoms with Gasteiger partial charge in [0, 0.05) is 18.0 Å². The van der Waals surface area contributed by atoms with Crippen molar-refractivity contribution in [3.8, 4) is 0 Å². The quantitative estimate of drug-likeness (QED) is 0.601. The predicted molar refractivity (Wildman–Crippen MR) is 102 cm³/mol. The molecule has 0 saturated carbocycles. The van der Waals surface area contributed by atoms with E-state index < -0.39 is 16.0 Å². The second-order valence-electron chi connectivity index (χ2n) is 6.02. The SMILES string of the molecule is O=C(O)CCCCc1cccc(CCNS(=O)(=O)c2ccc(Cl)cc2)c1. The summed E-state index contributed by atoms with van der Waals surface area (Å²) in [6, 6.07) is 14.0. The fourth-order valence-corrected chi connectivity index (χ4v) is 3.73. The van der Waals surface area contributed by atoms with Gasteiger partial charge in [0.15, 0.2) is 0 Å². The molecule has 0 aromatic heterocycles. The van der Waals surface area contributed by atoms with Gasteiger partial charge < -0.3 is 5.11 Å². The number of aryl methyl sites for hydroxylation is 1. The van der Waals surface area contributed by atoms with E-state index in [2.05, 4.69) is 4.72 Å². The number of halogens is 1. The van der Waals surface area contributed by atoms with Crippen LogP contribution in [0, 0.1) is 0 Å². The molecule has 0 atom stereocenters. The number of sulfonamides is 1. The van der Waals surface area contributed by atoms with E-state index in [9.17, 15) is 13.2 Å². The van der Waals surface area contributed by atoms with Gasteiger partial charge in [0.25, 0.3) is 0 Å². The van der Waals surface area contributed by atoms with Gasteiger partial charge in [-0.25, -0.2) is 13.1 Å². The van der Waals surface area contributed by atoms with E-state index in [1.165, 1.54) is 12.1 Å². The van der Waals surface area contributed by atoms with Crippen molar-refractivity contribution in [2.45, 2.75) is 37.0 Å². The Morgan fingerprint density at radius 1 is 1.00 bits per heavy atom. The minimum Gasteiger partial charge on any atom is -0.481 e. The van der Waals surface area contributed by atoms with E-state index in [0.29, 0.717) is 24.4 Å². The summed E-state index contributed by atoms with van der Waals surface area (Å²) in [5.41, 5.74) is 2.17. The highest BCUT2D eigenvalue weighted by Gasteiger charge is 2.12. The van der Waals surface area contributed by atoms with Gasteiger partial charge in [0.1, 0.15) is 0 Å². The molecule has 0 saturated heterocycles. The minimum atomic E-state index is -3.55. The van der Waals surface area contributed by atoms with Gasteiger partial charge in [-0.2, -0.15) is 0 Å². The summed E-state index contributed by atoms with van der Waals surface area (Å²) in [5.74, 6) is -0.772. The molecule has 0 radical (unpaired) electrons. The maximum absolute atomic E-state index is 12.2. The van der Waals surface area contributed by atoms with Gasteiger partial charge in [-0.3, -0.25) is 4.79 Å². The van der Waals surface area contributed by atoms with E-state index in [1.807, 2.05) is 24.3 Å². The smallest absolute Gasteiger partial charge is 0.303 e. The largest absolute Gasteiger partial charge is 0.481 e. The number of carboxylic acid groups (broad SMARTS) is 1. The molecule has 0 heterocycles. The van der Waals surface area contributed by atoms with Crippen molar-refractivity contribution in [2.75, 3.05) is 6.54 Å². The van der Waals surface area contributed by atoms with Crippen molar-refractivity contribution < 1.29 is 18.3 Å². The van der Waals surface area contributed by atoms with Gasteiger partial charge in [-0.05, 0) is 61.1 Å². The molecule has 0 bridgehead atoms. The number of hydrogen-bond acceptors (Lipinski definition) is 3. The van der Waals surface area contributed by atoms with Crippen LogP contribution in [0.2, 0.25) is 5.02 Å². The first kappa shape index (κ1) is 20.4. The maximum atomic E-state index is 12.2. The average molecular weight is 396 g/mol. The van der Waals surface area contributed by atoms with Crippen LogP contribution in [0.3, 0.4) is 0 Å². The molecular formula is C19H22ClNO4S. The Kier molecular flexibility index (Phi) is 7.63. The van der Waals surface area contributed by atoms with Crippen LogP contribution in [0.25, 0.3) is 0 Å². The molecule has 2 aromatic rings. The first-order valence-electron chi connectivity index (χ1n) is 8.42. The number of benzene rings is 2. The summed E-state index contributed by atoms with van der Waals surface area (Å²) in [4.78, 5) is 10.7. The third kappa shape index (κ3) is 6.78. The molecule has 2 N–H and O–H groups in total. The van der Waals surface area contributed by atoms with Crippen molar-refractivity contribution in [3.63, 3.8) is 0 Å². The topological polar surface area (TPSA) is 83.5 Å². The van der Waals surface area contributed by atoms with Crippen molar-refractivity contribution in [2.24, 2.45) is 0 Å². The molecule has 0 spiro atoms. The molecule has 0 aliphatic heterocycles. The molecule has 5 nitrogen and oxygen atoms in total. The van der Waals surface area contributed by atoms with Crippen LogP contribution < -0.4 is 4.72 Å². The second kappa shape index (κ2) is 9.71. The van der Waals surface area contributed by atoms with Gasteiger partial charge in [-0.15, -0.1) is 0 Å². The Morgan fingerprint density at radius 3 is 2.31 bits per heavy atom. The lowest BCUT2D eigenvalue weighted by molar-refractivity contribution is -0.137. The van der Waals surface area contributed by atoms with Gasteiger partial charge in [0.2, 0.25) is 10.0 Å². The lowest BCUT2D eigenvalue weighted by Gasteiger charge is -2.08. The highest BCUT2D eigenvalue weighted by atomic mass is 35.5. The number of unbranched alkanes of at least 4 members (excludes halogenated alkanes) is 1. The zero-order valence-electron chi connectivity index (χ0n) is 14.3. The van der Waals surface area contributed by atoms with Crippen LogP contribution in [-0.4, -0.2) is 26.0 Å². The molecular weight excluding hydrogens is 374 g/mol. The van der Waals surface area contributed by atoms with Crippen LogP contribution in [0.15, 0.2) is 53.4 Å². The van der Waals surface area contributed by atoms with Crippen LogP contribution >= 0.6 is 11.6 Å². The average Bonchev–Trinajstić information content (AvgIpc) is 2.59. The zero-order valence-corrected chi connectivity index (χ0v) is 15.9. The first-order valence-corrected chi connectivity index (χ1v) is 10.3. The van der Waals surface area contributed by atoms with Crippen molar-refractivity contribution >= 4 is 27.6 Å². The Balaban J connectivity index is 1.84. The summed E-state index contributed by atoms with van der Waals surface area (Å²) in [6.07, 6.45) is 3.05. The molecule has 0 amide bonds. The van der Waals surface area contributed by atoms with Gasteiger partial charge >= 0.3 is 5.97 Å². The fraction of sp³-hybridized carbons (Fsp3) is 0.316. The van der Waals surface area contributed by atoms with E-state index in [0.717, 1.165) is 24.0 Å². The van der Waals surface area contributed by atoms with Crippen LogP contribution in [0.5, 0.6) is 0 Å². The Labute approximate surface area is 159 Å². The second-order valence-corrected chi connectivity index (χ2v) is 8.23. The zero-order chi connectivity index (χ0) is 19.0. The monoisotopic (exact) mass is 395 g/mol. The summed E-state index contributed by atoms with van der Waals surface area (Å²) in [6.45, 7) is 0.299. The Hall–Kier alpha value is -1.89. The molecule has 0 aliphatic carbocycles. The summed E-state index contributed by atoms with van der Waals surface area (Å²) < 4.78 is 27.0. The minimum absolute atomic E-state index is 0.187. The Morgan fingerprint density at radius 2 is 1.65 bits per heavy atom. The molecule has 26 heavy (non-hydrogen) atoms. The molecule has 0 unspecified atom stereocenters. The third-order valence-electron chi connectivity index (χ3n) is 3.93. The van der Waals surface area contributed by atoms with E-state index in [4.69, 9.17) is 16.7 Å². The normalized spacial score (nSPS) is 11.4. The van der Waals surface area contributed by atoms with E-state index >= 15 is 0 Å². The highest BCUT2D eigenvalue weighted by Crippen LogP contribution is 2.14. The summed E-state index contributed by atoms with van der Waals surface area (Å²) in [7, 11) is -3.55. The van der Waals surface area contributed by atoms with E-state index in [1.54, 1.807) is 12.1 Å². The molecule has 140 valence electrons. The number of rotatable bonds is 10. The number of aliphatic carboxylic acids is 1. The first-order chi connectivity index (χ1) is 12.4. The highest BCUT2D eigenvalue weighted by molar-refractivity contribution is 7.89. The van der Waals surface area contributed by atoms with Crippen molar-refractivity contribution in [1.82, 2.24) is 4.72 Å². The number of nitrogens with one attached hydrogen (secondary N) is 1. The fourth-order valence-electron chi connectivity index (χ4n) is 2.57. The molecule has 0 fully saturated rings. The summed E-state index contributed by atoms with van der Waals surface area (Å²) in [5, 5.41) is 9.14. The standard InChI is InChI=1S/C19H22ClNO4S/c20-17-8-10-18(11-9-17)26(24,25)21-13-12-16-6-3-5-15(14-16)4-1-2-7-19(22)23/h3,5-6,8-11,14,21H,1-2,4,7,12-13H2,(H,22,23). The molecule has 2 rings (SSSR count). The Bertz CT molecular complexity index is 835. The maximum Gasteiger partial charge on any atom is 0.303 e. The summed E-state index contributed by atoms with van der Waals surface area (Å²) >= 11 is 5.78. The third-order valence-corrected chi connectivity index (χ3v) is 5.66. The van der Waals surface area contributed by atoms with Crippen molar-refractivity contribution in [3.05, 3.63) is 64.7 Å². The lowest BCUT2D eigenvalue weighted by atomic mass is 10.0. The van der Waals surface area contributed by atoms with E-state index in [-0.39, 0.29) is 11.3 Å². The number of carboxylic acids is 1. The van der Waals surface area contributed by atoms with Gasteiger partial charge in [0.05, 0.1) is 4.90 Å². The molecule has 2 aromatic carbocycles. The van der Waals surface area contributed by atoms with Crippen LogP contribution in [0.1, 0.15) is 30.4 Å². The van der Waals surface area contributed by atoms with Crippen LogP contribution in [-0.2, 0) is 27.7 Å². The molecule has 0 aliphatic rings. The van der Waals surface area contributed by atoms with Gasteiger partial charge in [-0.1, -0.05) is 35.9 Å². The lowest BCUT2D eigenvalue weighted by Crippen LogP contribution is -2.26. The van der Waals surface area contributed by atoms with Crippen LogP contribution in [0.4, 0.5) is 0 Å². The number of carbonyl (C=O) groups is 1.